The topological polar surface area (TPSA) is 84.1 Å². The first kappa shape index (κ1) is 11.4. The molecule has 15 heavy (non-hydrogen) atoms. The Morgan fingerprint density at radius 3 is 2.67 bits per heavy atom. The molecule has 1 amide bonds. The maximum absolute atomic E-state index is 11.8. The number of anilines is 1. The molecule has 1 heterocycles. The van der Waals surface area contributed by atoms with Crippen LogP contribution < -0.4 is 11.3 Å². The molecule has 0 atom stereocenters. The van der Waals surface area contributed by atoms with E-state index in [4.69, 9.17) is 5.84 Å². The van der Waals surface area contributed by atoms with Gasteiger partial charge in [-0.15, -0.1) is 0 Å². The standard InChI is InChI=1S/C9H15N5O/c1-3-14(4-2)9(15)7-5-11-6-8(12-7)13-10/h5-6H,3-4,10H2,1-2H3,(H,12,13). The van der Waals surface area contributed by atoms with Crippen LogP contribution in [0.5, 0.6) is 0 Å². The van der Waals surface area contributed by atoms with Crippen LogP contribution >= 0.6 is 0 Å². The van der Waals surface area contributed by atoms with Crippen molar-refractivity contribution in [2.45, 2.75) is 13.8 Å². The molecule has 0 saturated heterocycles. The van der Waals surface area contributed by atoms with E-state index in [2.05, 4.69) is 15.4 Å². The first-order valence-electron chi connectivity index (χ1n) is 4.80. The van der Waals surface area contributed by atoms with Gasteiger partial charge in [0.05, 0.1) is 12.4 Å². The van der Waals surface area contributed by atoms with Gasteiger partial charge in [-0.3, -0.25) is 9.78 Å². The van der Waals surface area contributed by atoms with Crippen molar-refractivity contribution in [3.8, 4) is 0 Å². The number of amides is 1. The van der Waals surface area contributed by atoms with Gasteiger partial charge in [0.2, 0.25) is 0 Å². The van der Waals surface area contributed by atoms with Crippen molar-refractivity contribution in [2.75, 3.05) is 18.5 Å². The van der Waals surface area contributed by atoms with Gasteiger partial charge in [0.15, 0.2) is 5.82 Å². The molecule has 1 aromatic heterocycles. The Labute approximate surface area is 88.5 Å². The molecule has 6 heteroatoms. The second-order valence-corrected chi connectivity index (χ2v) is 2.91. The van der Waals surface area contributed by atoms with Gasteiger partial charge in [0.1, 0.15) is 5.69 Å². The Morgan fingerprint density at radius 1 is 1.47 bits per heavy atom. The highest BCUT2D eigenvalue weighted by molar-refractivity contribution is 5.92. The van der Waals surface area contributed by atoms with Crippen molar-refractivity contribution >= 4 is 11.7 Å². The number of carbonyl (C=O) groups is 1. The highest BCUT2D eigenvalue weighted by Crippen LogP contribution is 2.04. The third kappa shape index (κ3) is 2.63. The molecule has 6 nitrogen and oxygen atoms in total. The highest BCUT2D eigenvalue weighted by atomic mass is 16.2. The summed E-state index contributed by atoms with van der Waals surface area (Å²) in [6.45, 7) is 5.13. The number of nitrogens with two attached hydrogens (primary N) is 1. The number of hydrogen-bond acceptors (Lipinski definition) is 5. The molecule has 0 bridgehead atoms. The maximum atomic E-state index is 11.8. The summed E-state index contributed by atoms with van der Waals surface area (Å²) in [5, 5.41) is 0. The van der Waals surface area contributed by atoms with E-state index in [1.807, 2.05) is 13.8 Å². The van der Waals surface area contributed by atoms with Crippen molar-refractivity contribution in [1.29, 1.82) is 0 Å². The Bertz CT molecular complexity index is 337. The lowest BCUT2D eigenvalue weighted by Gasteiger charge is -2.17. The van der Waals surface area contributed by atoms with Crippen LogP contribution in [-0.4, -0.2) is 33.9 Å². The number of rotatable bonds is 4. The van der Waals surface area contributed by atoms with Crippen LogP contribution in [0.15, 0.2) is 12.4 Å². The molecule has 0 aromatic carbocycles. The summed E-state index contributed by atoms with van der Waals surface area (Å²) < 4.78 is 0. The average molecular weight is 209 g/mol. The molecular formula is C9H15N5O. The van der Waals surface area contributed by atoms with Crippen molar-refractivity contribution < 1.29 is 4.79 Å². The molecule has 82 valence electrons. The molecule has 0 unspecified atom stereocenters. The number of nitrogens with zero attached hydrogens (tertiary/aromatic N) is 3. The van der Waals surface area contributed by atoms with Gasteiger partial charge in [0.25, 0.3) is 5.91 Å². The molecule has 0 aliphatic rings. The molecule has 0 spiro atoms. The molecular weight excluding hydrogens is 194 g/mol. The second kappa shape index (κ2) is 5.26. The molecule has 0 fully saturated rings. The Hall–Kier alpha value is -1.69. The minimum atomic E-state index is -0.135. The molecule has 0 saturated carbocycles. The van der Waals surface area contributed by atoms with Gasteiger partial charge in [-0.1, -0.05) is 0 Å². The maximum Gasteiger partial charge on any atom is 0.274 e. The molecule has 1 aromatic rings. The summed E-state index contributed by atoms with van der Waals surface area (Å²) in [6.07, 6.45) is 2.89. The Morgan fingerprint density at radius 2 is 2.13 bits per heavy atom. The van der Waals surface area contributed by atoms with E-state index in [-0.39, 0.29) is 5.91 Å². The predicted molar refractivity (Wildman–Crippen MR) is 57.1 cm³/mol. The van der Waals surface area contributed by atoms with E-state index < -0.39 is 0 Å². The highest BCUT2D eigenvalue weighted by Gasteiger charge is 2.14. The lowest BCUT2D eigenvalue weighted by Crippen LogP contribution is -2.31. The van der Waals surface area contributed by atoms with Crippen LogP contribution in [-0.2, 0) is 0 Å². The van der Waals surface area contributed by atoms with E-state index >= 15 is 0 Å². The number of hydrazine groups is 1. The molecule has 0 radical (unpaired) electrons. The number of aromatic nitrogens is 2. The Balaban J connectivity index is 2.90. The van der Waals surface area contributed by atoms with Crippen LogP contribution in [0.2, 0.25) is 0 Å². The lowest BCUT2D eigenvalue weighted by atomic mass is 10.3. The fourth-order valence-electron chi connectivity index (χ4n) is 1.21. The number of nitrogens with one attached hydrogen (secondary N) is 1. The monoisotopic (exact) mass is 209 g/mol. The summed E-state index contributed by atoms with van der Waals surface area (Å²) in [6, 6.07) is 0. The summed E-state index contributed by atoms with van der Waals surface area (Å²) in [4.78, 5) is 21.4. The third-order valence-electron chi connectivity index (χ3n) is 2.05. The second-order valence-electron chi connectivity index (χ2n) is 2.91. The summed E-state index contributed by atoms with van der Waals surface area (Å²) in [5.41, 5.74) is 2.65. The fraction of sp³-hybridized carbons (Fsp3) is 0.444. The van der Waals surface area contributed by atoms with Crippen LogP contribution in [0.25, 0.3) is 0 Å². The van der Waals surface area contributed by atoms with Gasteiger partial charge in [-0.05, 0) is 13.8 Å². The van der Waals surface area contributed by atoms with Gasteiger partial charge in [-0.25, -0.2) is 10.8 Å². The van der Waals surface area contributed by atoms with E-state index in [9.17, 15) is 4.79 Å². The molecule has 0 aliphatic carbocycles. The van der Waals surface area contributed by atoms with Gasteiger partial charge in [0, 0.05) is 13.1 Å². The van der Waals surface area contributed by atoms with Crippen LogP contribution in [0.1, 0.15) is 24.3 Å². The molecule has 1 rings (SSSR count). The zero-order chi connectivity index (χ0) is 11.3. The third-order valence-corrected chi connectivity index (χ3v) is 2.05. The smallest absolute Gasteiger partial charge is 0.274 e. The summed E-state index contributed by atoms with van der Waals surface area (Å²) >= 11 is 0. The zero-order valence-electron chi connectivity index (χ0n) is 8.90. The average Bonchev–Trinajstić information content (AvgIpc) is 2.30. The van der Waals surface area contributed by atoms with Gasteiger partial charge >= 0.3 is 0 Å². The zero-order valence-corrected chi connectivity index (χ0v) is 8.90. The normalized spacial score (nSPS) is 9.80. The fourth-order valence-corrected chi connectivity index (χ4v) is 1.21. The van der Waals surface area contributed by atoms with Crippen LogP contribution in [0.4, 0.5) is 5.82 Å². The van der Waals surface area contributed by atoms with Gasteiger partial charge in [-0.2, -0.15) is 0 Å². The van der Waals surface area contributed by atoms with Crippen molar-refractivity contribution in [3.05, 3.63) is 18.1 Å². The number of carbonyl (C=O) groups excluding carboxylic acids is 1. The van der Waals surface area contributed by atoms with E-state index in [0.717, 1.165) is 0 Å². The van der Waals surface area contributed by atoms with Crippen LogP contribution in [0, 0.1) is 0 Å². The van der Waals surface area contributed by atoms with Crippen LogP contribution in [0.3, 0.4) is 0 Å². The quantitative estimate of drug-likeness (QED) is 0.548. The minimum Gasteiger partial charge on any atom is -0.338 e. The first-order valence-corrected chi connectivity index (χ1v) is 4.80. The molecule has 0 aliphatic heterocycles. The first-order chi connectivity index (χ1) is 7.22. The number of hydrogen-bond donors (Lipinski definition) is 2. The Kier molecular flexibility index (Phi) is 3.99. The van der Waals surface area contributed by atoms with E-state index in [1.54, 1.807) is 4.90 Å². The molecule has 3 N–H and O–H groups in total. The summed E-state index contributed by atoms with van der Waals surface area (Å²) in [5.74, 6) is 5.43. The van der Waals surface area contributed by atoms with Crippen molar-refractivity contribution in [2.24, 2.45) is 5.84 Å². The van der Waals surface area contributed by atoms with Crippen molar-refractivity contribution in [3.63, 3.8) is 0 Å². The van der Waals surface area contributed by atoms with E-state index in [0.29, 0.717) is 24.6 Å². The minimum absolute atomic E-state index is 0.135. The van der Waals surface area contributed by atoms with Gasteiger partial charge < -0.3 is 10.3 Å². The van der Waals surface area contributed by atoms with E-state index in [1.165, 1.54) is 12.4 Å². The number of nitrogen functional groups attached to an aromatic ring is 1. The largest absolute Gasteiger partial charge is 0.338 e. The summed E-state index contributed by atoms with van der Waals surface area (Å²) in [7, 11) is 0. The predicted octanol–water partition coefficient (Wildman–Crippen LogP) is 0.244. The lowest BCUT2D eigenvalue weighted by molar-refractivity contribution is 0.0767. The SMILES string of the molecule is CCN(CC)C(=O)c1cncc(NN)n1. The van der Waals surface area contributed by atoms with Crippen molar-refractivity contribution in [1.82, 2.24) is 14.9 Å².